The molecule has 7 nitrogen and oxygen atoms in total. The Balaban J connectivity index is 2.07. The summed E-state index contributed by atoms with van der Waals surface area (Å²) < 4.78 is 29.0. The minimum Gasteiger partial charge on any atom is -0.251 e. The second-order valence-electron chi connectivity index (χ2n) is 5.66. The van der Waals surface area contributed by atoms with E-state index in [0.29, 0.717) is 19.0 Å². The van der Waals surface area contributed by atoms with Crippen LogP contribution >= 0.6 is 0 Å². The first-order valence-corrected chi connectivity index (χ1v) is 9.54. The highest BCUT2D eigenvalue weighted by Crippen LogP contribution is 2.12. The molecule has 1 aromatic carbocycles. The van der Waals surface area contributed by atoms with Crippen molar-refractivity contribution < 1.29 is 8.42 Å². The minimum atomic E-state index is -3.70. The SMILES string of the molecule is CCN=C(NS(=O)(=O)N(C)Cc1ccccc1)N1CC(CC)C=N1. The molecule has 0 radical (unpaired) electrons. The molecule has 1 heterocycles. The van der Waals surface area contributed by atoms with Crippen LogP contribution in [0.2, 0.25) is 0 Å². The standard InChI is InChI=1S/C16H25N5O2S/c1-4-14-11-18-21(13-14)16(17-5-2)19-24(22,23)20(3)12-15-9-7-6-8-10-15/h6-11,14H,4-5,12-13H2,1-3H3,(H,17,19). The van der Waals surface area contributed by atoms with E-state index in [1.165, 1.54) is 4.31 Å². The molecule has 0 aromatic heterocycles. The van der Waals surface area contributed by atoms with Crippen LogP contribution in [0.3, 0.4) is 0 Å². The molecule has 1 aliphatic heterocycles. The van der Waals surface area contributed by atoms with Crippen molar-refractivity contribution in [2.45, 2.75) is 26.8 Å². The van der Waals surface area contributed by atoms with E-state index >= 15 is 0 Å². The number of aliphatic imine (C=N–C) groups is 1. The number of nitrogens with one attached hydrogen (secondary N) is 1. The fraction of sp³-hybridized carbons (Fsp3) is 0.500. The molecule has 0 bridgehead atoms. The van der Waals surface area contributed by atoms with Gasteiger partial charge in [-0.25, -0.2) is 9.73 Å². The van der Waals surface area contributed by atoms with Gasteiger partial charge in [0.05, 0.1) is 6.54 Å². The summed E-state index contributed by atoms with van der Waals surface area (Å²) in [4.78, 5) is 4.26. The summed E-state index contributed by atoms with van der Waals surface area (Å²) in [6, 6.07) is 9.46. The molecule has 1 unspecified atom stereocenters. The lowest BCUT2D eigenvalue weighted by molar-refractivity contribution is 0.422. The van der Waals surface area contributed by atoms with Crippen molar-refractivity contribution >= 4 is 22.4 Å². The highest BCUT2D eigenvalue weighted by atomic mass is 32.2. The Morgan fingerprint density at radius 2 is 2.08 bits per heavy atom. The van der Waals surface area contributed by atoms with Crippen LogP contribution in [-0.4, -0.2) is 50.0 Å². The van der Waals surface area contributed by atoms with Gasteiger partial charge in [-0.15, -0.1) is 0 Å². The Labute approximate surface area is 144 Å². The Morgan fingerprint density at radius 1 is 1.38 bits per heavy atom. The second kappa shape index (κ2) is 8.25. The molecule has 24 heavy (non-hydrogen) atoms. The highest BCUT2D eigenvalue weighted by Gasteiger charge is 2.26. The number of hydrogen-bond donors (Lipinski definition) is 1. The number of benzene rings is 1. The summed E-state index contributed by atoms with van der Waals surface area (Å²) in [7, 11) is -2.16. The number of hydrogen-bond acceptors (Lipinski definition) is 4. The Bertz CT molecular complexity index is 688. The van der Waals surface area contributed by atoms with Crippen LogP contribution in [0.25, 0.3) is 0 Å². The van der Waals surface area contributed by atoms with Crippen molar-refractivity contribution in [3.8, 4) is 0 Å². The summed E-state index contributed by atoms with van der Waals surface area (Å²) in [6.45, 7) is 5.34. The van der Waals surface area contributed by atoms with Gasteiger partial charge >= 0.3 is 10.2 Å². The smallest absolute Gasteiger partial charge is 0.251 e. The van der Waals surface area contributed by atoms with E-state index in [1.54, 1.807) is 12.1 Å². The van der Waals surface area contributed by atoms with E-state index in [0.717, 1.165) is 12.0 Å². The maximum Gasteiger partial charge on any atom is 0.304 e. The van der Waals surface area contributed by atoms with Crippen molar-refractivity contribution in [2.24, 2.45) is 16.0 Å². The maximum absolute atomic E-state index is 12.6. The largest absolute Gasteiger partial charge is 0.304 e. The normalized spacial score (nSPS) is 18.4. The lowest BCUT2D eigenvalue weighted by atomic mass is 10.1. The van der Waals surface area contributed by atoms with Crippen LogP contribution in [0.1, 0.15) is 25.8 Å². The Morgan fingerprint density at radius 3 is 2.67 bits per heavy atom. The third-order valence-electron chi connectivity index (χ3n) is 3.78. The number of hydrazone groups is 1. The van der Waals surface area contributed by atoms with E-state index in [2.05, 4.69) is 21.7 Å². The third-order valence-corrected chi connectivity index (χ3v) is 5.17. The van der Waals surface area contributed by atoms with Gasteiger partial charge in [-0.1, -0.05) is 37.3 Å². The first-order valence-electron chi connectivity index (χ1n) is 8.10. The molecular formula is C16H25N5O2S. The Kier molecular flexibility index (Phi) is 6.33. The molecule has 1 aliphatic rings. The molecule has 0 saturated heterocycles. The van der Waals surface area contributed by atoms with Gasteiger partial charge in [0, 0.05) is 32.3 Å². The van der Waals surface area contributed by atoms with E-state index in [1.807, 2.05) is 43.5 Å². The van der Waals surface area contributed by atoms with Gasteiger partial charge in [0.25, 0.3) is 0 Å². The molecule has 1 aromatic rings. The van der Waals surface area contributed by atoms with Crippen molar-refractivity contribution in [1.82, 2.24) is 14.0 Å². The van der Waals surface area contributed by atoms with E-state index in [4.69, 9.17) is 0 Å². The van der Waals surface area contributed by atoms with Crippen molar-refractivity contribution in [1.29, 1.82) is 0 Å². The zero-order valence-electron chi connectivity index (χ0n) is 14.4. The molecule has 2 rings (SSSR count). The quantitative estimate of drug-likeness (QED) is 0.625. The summed E-state index contributed by atoms with van der Waals surface area (Å²) >= 11 is 0. The van der Waals surface area contributed by atoms with E-state index in [9.17, 15) is 8.42 Å². The number of guanidine groups is 1. The lowest BCUT2D eigenvalue weighted by Crippen LogP contribution is -2.47. The average molecular weight is 351 g/mol. The fourth-order valence-corrected chi connectivity index (χ4v) is 3.18. The van der Waals surface area contributed by atoms with Gasteiger partial charge in [-0.3, -0.25) is 4.99 Å². The average Bonchev–Trinajstić information content (AvgIpc) is 3.04. The monoisotopic (exact) mass is 351 g/mol. The van der Waals surface area contributed by atoms with Crippen LogP contribution < -0.4 is 4.72 Å². The second-order valence-corrected chi connectivity index (χ2v) is 7.44. The van der Waals surface area contributed by atoms with E-state index < -0.39 is 10.2 Å². The van der Waals surface area contributed by atoms with Crippen LogP contribution in [0.4, 0.5) is 0 Å². The van der Waals surface area contributed by atoms with Gasteiger partial charge < -0.3 is 0 Å². The van der Waals surface area contributed by atoms with Crippen molar-refractivity contribution in [3.63, 3.8) is 0 Å². The van der Waals surface area contributed by atoms with Crippen LogP contribution in [-0.2, 0) is 16.8 Å². The maximum atomic E-state index is 12.6. The van der Waals surface area contributed by atoms with Crippen LogP contribution in [0, 0.1) is 5.92 Å². The van der Waals surface area contributed by atoms with Crippen molar-refractivity contribution in [2.75, 3.05) is 20.1 Å². The zero-order valence-corrected chi connectivity index (χ0v) is 15.2. The topological polar surface area (TPSA) is 77.4 Å². The molecule has 0 amide bonds. The highest BCUT2D eigenvalue weighted by molar-refractivity contribution is 7.87. The summed E-state index contributed by atoms with van der Waals surface area (Å²) in [5.41, 5.74) is 0.921. The first kappa shape index (κ1) is 18.4. The summed E-state index contributed by atoms with van der Waals surface area (Å²) in [5, 5.41) is 5.88. The van der Waals surface area contributed by atoms with Crippen LogP contribution in [0.15, 0.2) is 40.4 Å². The molecule has 132 valence electrons. The van der Waals surface area contributed by atoms with Gasteiger partial charge in [-0.2, -0.15) is 17.8 Å². The minimum absolute atomic E-state index is 0.268. The molecule has 1 atom stereocenters. The molecule has 8 heteroatoms. The first-order chi connectivity index (χ1) is 11.5. The predicted molar refractivity (Wildman–Crippen MR) is 96.9 cm³/mol. The van der Waals surface area contributed by atoms with Crippen molar-refractivity contribution in [3.05, 3.63) is 35.9 Å². The predicted octanol–water partition coefficient (Wildman–Crippen LogP) is 1.66. The van der Waals surface area contributed by atoms with Gasteiger partial charge in [0.2, 0.25) is 5.96 Å². The molecular weight excluding hydrogens is 326 g/mol. The lowest BCUT2D eigenvalue weighted by Gasteiger charge is -2.23. The Hall–Kier alpha value is -1.93. The molecule has 0 spiro atoms. The zero-order chi connectivity index (χ0) is 17.6. The molecule has 0 saturated carbocycles. The summed E-state index contributed by atoms with van der Waals surface area (Å²) in [5.74, 6) is 0.586. The van der Waals surface area contributed by atoms with Crippen LogP contribution in [0.5, 0.6) is 0 Å². The van der Waals surface area contributed by atoms with Gasteiger partial charge in [-0.05, 0) is 18.9 Å². The number of rotatable bonds is 6. The third kappa shape index (κ3) is 4.78. The molecule has 1 N–H and O–H groups in total. The molecule has 0 aliphatic carbocycles. The summed E-state index contributed by atoms with van der Waals surface area (Å²) in [6.07, 6.45) is 2.80. The van der Waals surface area contributed by atoms with Gasteiger partial charge in [0.1, 0.15) is 0 Å². The number of nitrogens with zero attached hydrogens (tertiary/aromatic N) is 4. The molecule has 0 fully saturated rings. The van der Waals surface area contributed by atoms with E-state index in [-0.39, 0.29) is 12.5 Å². The fourth-order valence-electron chi connectivity index (χ4n) is 2.30. The van der Waals surface area contributed by atoms with Gasteiger partial charge in [0.15, 0.2) is 0 Å².